The Kier molecular flexibility index (Phi) is 6.31. The van der Waals surface area contributed by atoms with Crippen molar-refractivity contribution >= 4 is 39.2 Å². The summed E-state index contributed by atoms with van der Waals surface area (Å²) in [5.74, 6) is -2.49. The molecular formula is C18H21FN2O4S. The smallest absolute Gasteiger partial charge is 0.326 e. The summed E-state index contributed by atoms with van der Waals surface area (Å²) in [5, 5.41) is 14.4. The van der Waals surface area contributed by atoms with E-state index in [2.05, 4.69) is 10.6 Å². The number of benzene rings is 1. The monoisotopic (exact) mass is 380 g/mol. The van der Waals surface area contributed by atoms with E-state index in [4.69, 9.17) is 5.11 Å². The molecule has 8 heteroatoms. The van der Waals surface area contributed by atoms with Gasteiger partial charge < -0.3 is 15.7 Å². The molecule has 0 fully saturated rings. The summed E-state index contributed by atoms with van der Waals surface area (Å²) in [7, 11) is 0. The van der Waals surface area contributed by atoms with E-state index in [1.54, 1.807) is 19.1 Å². The first kappa shape index (κ1) is 19.8. The minimum absolute atomic E-state index is 0.0992. The molecule has 6 nitrogen and oxygen atoms in total. The van der Waals surface area contributed by atoms with E-state index in [-0.39, 0.29) is 12.5 Å². The van der Waals surface area contributed by atoms with E-state index >= 15 is 0 Å². The lowest BCUT2D eigenvalue weighted by molar-refractivity contribution is -0.142. The highest BCUT2D eigenvalue weighted by molar-refractivity contribution is 7.21. The lowest BCUT2D eigenvalue weighted by Gasteiger charge is -2.16. The number of halogens is 1. The molecule has 0 aliphatic heterocycles. The molecule has 0 aliphatic rings. The molecule has 2 aromatic rings. The molecule has 3 N–H and O–H groups in total. The van der Waals surface area contributed by atoms with Crippen LogP contribution in [0.15, 0.2) is 18.2 Å². The molecular weight excluding hydrogens is 359 g/mol. The third-order valence-corrected chi connectivity index (χ3v) is 5.11. The van der Waals surface area contributed by atoms with Crippen LogP contribution in [0.2, 0.25) is 0 Å². The molecule has 1 aromatic carbocycles. The summed E-state index contributed by atoms with van der Waals surface area (Å²) in [6.07, 6.45) is 0.295. The number of carboxylic acid groups (broad SMARTS) is 1. The number of amides is 2. The van der Waals surface area contributed by atoms with Gasteiger partial charge >= 0.3 is 5.97 Å². The molecule has 0 aliphatic carbocycles. The Balaban J connectivity index is 2.02. The van der Waals surface area contributed by atoms with Gasteiger partial charge in [-0.2, -0.15) is 0 Å². The van der Waals surface area contributed by atoms with E-state index in [0.29, 0.717) is 26.9 Å². The molecule has 2 amide bonds. The first-order chi connectivity index (χ1) is 12.2. The van der Waals surface area contributed by atoms with Gasteiger partial charge in [-0.1, -0.05) is 19.9 Å². The van der Waals surface area contributed by atoms with Gasteiger partial charge in [-0.3, -0.25) is 9.59 Å². The molecule has 0 bridgehead atoms. The number of carboxylic acids is 1. The van der Waals surface area contributed by atoms with Gasteiger partial charge in [0.2, 0.25) is 5.91 Å². The highest BCUT2D eigenvalue weighted by atomic mass is 32.1. The average molecular weight is 380 g/mol. The predicted molar refractivity (Wildman–Crippen MR) is 97.9 cm³/mol. The molecule has 2 rings (SSSR count). The summed E-state index contributed by atoms with van der Waals surface area (Å²) >= 11 is 1.15. The van der Waals surface area contributed by atoms with Crippen molar-refractivity contribution in [1.82, 2.24) is 10.6 Å². The molecule has 0 unspecified atom stereocenters. The fraction of sp³-hybridized carbons (Fsp3) is 0.389. The zero-order valence-electron chi connectivity index (χ0n) is 14.8. The van der Waals surface area contributed by atoms with E-state index in [1.807, 2.05) is 13.8 Å². The zero-order chi connectivity index (χ0) is 19.4. The average Bonchev–Trinajstić information content (AvgIpc) is 2.90. The first-order valence-electron chi connectivity index (χ1n) is 8.18. The topological polar surface area (TPSA) is 95.5 Å². The fourth-order valence-electron chi connectivity index (χ4n) is 2.65. The van der Waals surface area contributed by atoms with Gasteiger partial charge in [0.25, 0.3) is 5.91 Å². The molecule has 1 atom stereocenters. The Morgan fingerprint density at radius 3 is 2.54 bits per heavy atom. The van der Waals surface area contributed by atoms with Crippen molar-refractivity contribution in [3.8, 4) is 0 Å². The van der Waals surface area contributed by atoms with Crippen molar-refractivity contribution in [3.05, 3.63) is 34.5 Å². The number of rotatable bonds is 7. The molecule has 0 radical (unpaired) electrons. The summed E-state index contributed by atoms with van der Waals surface area (Å²) in [6.45, 7) is 5.01. The van der Waals surface area contributed by atoms with Crippen molar-refractivity contribution in [3.63, 3.8) is 0 Å². The molecule has 26 heavy (non-hydrogen) atoms. The Morgan fingerprint density at radius 1 is 1.27 bits per heavy atom. The van der Waals surface area contributed by atoms with E-state index in [0.717, 1.165) is 11.3 Å². The molecule has 0 spiro atoms. The number of hydrogen-bond acceptors (Lipinski definition) is 4. The summed E-state index contributed by atoms with van der Waals surface area (Å²) in [4.78, 5) is 35.8. The standard InChI is InChI=1S/C18H21FN2O4S/c1-9(2)7-12(18(24)25)21-14(22)8-20-17(23)16-10(3)15-11(19)5-4-6-13(15)26-16/h4-6,9,12H,7-8H2,1-3H3,(H,20,23)(H,21,22)(H,24,25)/t12-/m0/s1. The van der Waals surface area contributed by atoms with Crippen LogP contribution in [-0.4, -0.2) is 35.5 Å². The number of carbonyl (C=O) groups excluding carboxylic acids is 2. The Hall–Kier alpha value is -2.48. The van der Waals surface area contributed by atoms with Gasteiger partial charge in [-0.25, -0.2) is 9.18 Å². The second-order valence-corrected chi connectivity index (χ2v) is 7.49. The number of thiophene rings is 1. The van der Waals surface area contributed by atoms with Gasteiger partial charge in [0, 0.05) is 10.1 Å². The van der Waals surface area contributed by atoms with Crippen molar-refractivity contribution in [1.29, 1.82) is 0 Å². The molecule has 1 heterocycles. The molecule has 140 valence electrons. The number of aliphatic carboxylic acids is 1. The van der Waals surface area contributed by atoms with Crippen LogP contribution in [-0.2, 0) is 9.59 Å². The van der Waals surface area contributed by atoms with Crippen molar-refractivity contribution in [2.75, 3.05) is 6.54 Å². The second-order valence-electron chi connectivity index (χ2n) is 6.44. The number of aryl methyl sites for hydroxylation is 1. The minimum atomic E-state index is -1.12. The van der Waals surface area contributed by atoms with E-state index < -0.39 is 29.6 Å². The Labute approximate surface area is 154 Å². The summed E-state index contributed by atoms with van der Waals surface area (Å²) in [6, 6.07) is 3.63. The second kappa shape index (κ2) is 8.27. The van der Waals surface area contributed by atoms with Crippen LogP contribution < -0.4 is 10.6 Å². The quantitative estimate of drug-likeness (QED) is 0.688. The Bertz CT molecular complexity index is 847. The van der Waals surface area contributed by atoms with Crippen LogP contribution >= 0.6 is 11.3 Å². The lowest BCUT2D eigenvalue weighted by atomic mass is 10.0. The van der Waals surface area contributed by atoms with Gasteiger partial charge in [0.05, 0.1) is 11.4 Å². The highest BCUT2D eigenvalue weighted by Gasteiger charge is 2.22. The van der Waals surface area contributed by atoms with Gasteiger partial charge in [-0.05, 0) is 37.0 Å². The van der Waals surface area contributed by atoms with Crippen LogP contribution in [0.25, 0.3) is 10.1 Å². The maximum absolute atomic E-state index is 13.9. The lowest BCUT2D eigenvalue weighted by Crippen LogP contribution is -2.46. The van der Waals surface area contributed by atoms with Crippen LogP contribution in [0.1, 0.15) is 35.5 Å². The number of carbonyl (C=O) groups is 3. The Morgan fingerprint density at radius 2 is 1.96 bits per heavy atom. The number of nitrogens with one attached hydrogen (secondary N) is 2. The minimum Gasteiger partial charge on any atom is -0.480 e. The van der Waals surface area contributed by atoms with Gasteiger partial charge in [0.1, 0.15) is 11.9 Å². The molecule has 0 saturated heterocycles. The van der Waals surface area contributed by atoms with Crippen molar-refractivity contribution in [2.45, 2.75) is 33.2 Å². The predicted octanol–water partition coefficient (Wildman–Crippen LogP) is 2.69. The maximum Gasteiger partial charge on any atom is 0.326 e. The fourth-order valence-corrected chi connectivity index (χ4v) is 3.79. The SMILES string of the molecule is Cc1c(C(=O)NCC(=O)N[C@@H](CC(C)C)C(=O)O)sc2cccc(F)c12. The molecule has 1 aromatic heterocycles. The molecule has 0 saturated carbocycles. The zero-order valence-corrected chi connectivity index (χ0v) is 15.6. The maximum atomic E-state index is 13.9. The van der Waals surface area contributed by atoms with Crippen LogP contribution in [0.4, 0.5) is 4.39 Å². The van der Waals surface area contributed by atoms with Crippen LogP contribution in [0.5, 0.6) is 0 Å². The third-order valence-electron chi connectivity index (χ3n) is 3.86. The third kappa shape index (κ3) is 4.57. The van der Waals surface area contributed by atoms with Gasteiger partial charge in [-0.15, -0.1) is 11.3 Å². The van der Waals surface area contributed by atoms with Crippen molar-refractivity contribution in [2.24, 2.45) is 5.92 Å². The van der Waals surface area contributed by atoms with Crippen LogP contribution in [0, 0.1) is 18.7 Å². The van der Waals surface area contributed by atoms with E-state index in [1.165, 1.54) is 6.07 Å². The number of hydrogen-bond donors (Lipinski definition) is 3. The number of fused-ring (bicyclic) bond motifs is 1. The summed E-state index contributed by atoms with van der Waals surface area (Å²) < 4.78 is 14.6. The summed E-state index contributed by atoms with van der Waals surface area (Å²) in [5.41, 5.74) is 0.518. The van der Waals surface area contributed by atoms with Gasteiger partial charge in [0.15, 0.2) is 0 Å². The normalized spacial score (nSPS) is 12.2. The first-order valence-corrected chi connectivity index (χ1v) is 9.00. The highest BCUT2D eigenvalue weighted by Crippen LogP contribution is 2.32. The van der Waals surface area contributed by atoms with E-state index in [9.17, 15) is 18.8 Å². The van der Waals surface area contributed by atoms with Crippen molar-refractivity contribution < 1.29 is 23.9 Å². The van der Waals surface area contributed by atoms with Crippen LogP contribution in [0.3, 0.4) is 0 Å². The largest absolute Gasteiger partial charge is 0.480 e.